The third kappa shape index (κ3) is 3.22. The van der Waals surface area contributed by atoms with Gasteiger partial charge in [-0.2, -0.15) is 0 Å². The van der Waals surface area contributed by atoms with Crippen LogP contribution in [0.25, 0.3) is 0 Å². The molecule has 0 saturated carbocycles. The summed E-state index contributed by atoms with van der Waals surface area (Å²) in [6.45, 7) is 6.24. The second-order valence-electron chi connectivity index (χ2n) is 4.97. The fourth-order valence-electron chi connectivity index (χ4n) is 2.43. The molecule has 1 atom stereocenters. The minimum atomic E-state index is -0.326. The largest absolute Gasteiger partial charge is 0.350 e. The van der Waals surface area contributed by atoms with Crippen LogP contribution in [0.2, 0.25) is 0 Å². The summed E-state index contributed by atoms with van der Waals surface area (Å²) in [7, 11) is 0. The van der Waals surface area contributed by atoms with Gasteiger partial charge in [-0.05, 0) is 25.5 Å². The van der Waals surface area contributed by atoms with Crippen LogP contribution in [0.4, 0.5) is 10.2 Å². The lowest BCUT2D eigenvalue weighted by Gasteiger charge is -2.40. The Balaban J connectivity index is 2.00. The van der Waals surface area contributed by atoms with Crippen LogP contribution in [-0.2, 0) is 4.79 Å². The van der Waals surface area contributed by atoms with Crippen LogP contribution < -0.4 is 4.90 Å². The summed E-state index contributed by atoms with van der Waals surface area (Å²) in [4.78, 5) is 20.0. The number of halogens is 1. The maximum absolute atomic E-state index is 12.9. The van der Waals surface area contributed by atoms with Crippen LogP contribution in [0.3, 0.4) is 0 Å². The molecule has 1 aromatic rings. The topological polar surface area (TPSA) is 36.4 Å². The lowest BCUT2D eigenvalue weighted by Crippen LogP contribution is -2.54. The first-order valence-electron chi connectivity index (χ1n) is 6.77. The molecule has 1 saturated heterocycles. The number of aromatic nitrogens is 1. The maximum atomic E-state index is 12.9. The van der Waals surface area contributed by atoms with E-state index in [1.165, 1.54) is 12.3 Å². The zero-order valence-corrected chi connectivity index (χ0v) is 11.5. The first kappa shape index (κ1) is 13.8. The Hall–Kier alpha value is -1.65. The van der Waals surface area contributed by atoms with Gasteiger partial charge in [0.15, 0.2) is 0 Å². The summed E-state index contributed by atoms with van der Waals surface area (Å²) in [5.74, 6) is 0.672. The van der Waals surface area contributed by atoms with Crippen LogP contribution in [0.15, 0.2) is 18.3 Å². The van der Waals surface area contributed by atoms with Crippen molar-refractivity contribution in [3.8, 4) is 0 Å². The van der Waals surface area contributed by atoms with Crippen molar-refractivity contribution in [2.45, 2.75) is 32.7 Å². The van der Waals surface area contributed by atoms with Crippen LogP contribution in [0.5, 0.6) is 0 Å². The van der Waals surface area contributed by atoms with Gasteiger partial charge in [-0.15, -0.1) is 0 Å². The lowest BCUT2D eigenvalue weighted by atomic mass is 10.1. The summed E-state index contributed by atoms with van der Waals surface area (Å²) in [6.07, 6.45) is 2.73. The molecule has 19 heavy (non-hydrogen) atoms. The van der Waals surface area contributed by atoms with Gasteiger partial charge in [0.1, 0.15) is 11.6 Å². The van der Waals surface area contributed by atoms with Crippen LogP contribution in [0.1, 0.15) is 26.7 Å². The van der Waals surface area contributed by atoms with Crippen molar-refractivity contribution in [2.24, 2.45) is 0 Å². The van der Waals surface area contributed by atoms with Crippen LogP contribution in [-0.4, -0.2) is 41.5 Å². The first-order valence-corrected chi connectivity index (χ1v) is 6.77. The third-order valence-electron chi connectivity index (χ3n) is 3.45. The summed E-state index contributed by atoms with van der Waals surface area (Å²) >= 11 is 0. The van der Waals surface area contributed by atoms with Crippen molar-refractivity contribution >= 4 is 11.7 Å². The summed E-state index contributed by atoms with van der Waals surface area (Å²) in [5.41, 5.74) is 0. The second kappa shape index (κ2) is 5.99. The third-order valence-corrected chi connectivity index (χ3v) is 3.45. The van der Waals surface area contributed by atoms with Crippen molar-refractivity contribution in [1.29, 1.82) is 0 Å². The molecule has 0 bridgehead atoms. The highest BCUT2D eigenvalue weighted by molar-refractivity contribution is 5.76. The van der Waals surface area contributed by atoms with E-state index in [1.807, 2.05) is 11.8 Å². The van der Waals surface area contributed by atoms with E-state index < -0.39 is 0 Å². The van der Waals surface area contributed by atoms with Gasteiger partial charge >= 0.3 is 0 Å². The van der Waals surface area contributed by atoms with Crippen molar-refractivity contribution < 1.29 is 9.18 Å². The Bertz CT molecular complexity index is 435. The highest BCUT2D eigenvalue weighted by Gasteiger charge is 2.26. The van der Waals surface area contributed by atoms with E-state index in [2.05, 4.69) is 16.8 Å². The van der Waals surface area contributed by atoms with Crippen molar-refractivity contribution in [1.82, 2.24) is 9.88 Å². The Kier molecular flexibility index (Phi) is 4.35. The normalized spacial score (nSPS) is 19.6. The zero-order valence-electron chi connectivity index (χ0n) is 11.5. The number of rotatable bonds is 3. The van der Waals surface area contributed by atoms with Gasteiger partial charge in [-0.25, -0.2) is 9.37 Å². The Morgan fingerprint density at radius 3 is 2.84 bits per heavy atom. The van der Waals surface area contributed by atoms with Crippen molar-refractivity contribution in [3.63, 3.8) is 0 Å². The van der Waals surface area contributed by atoms with Gasteiger partial charge < -0.3 is 9.80 Å². The van der Waals surface area contributed by atoms with E-state index in [1.54, 1.807) is 6.07 Å². The Morgan fingerprint density at radius 1 is 1.47 bits per heavy atom. The lowest BCUT2D eigenvalue weighted by molar-refractivity contribution is -0.132. The fourth-order valence-corrected chi connectivity index (χ4v) is 2.43. The Labute approximate surface area is 113 Å². The first-order chi connectivity index (χ1) is 9.11. The molecule has 5 heteroatoms. The van der Waals surface area contributed by atoms with Gasteiger partial charge in [-0.3, -0.25) is 4.79 Å². The SMILES string of the molecule is CCCC(=O)N1CCN(c2ccc(F)cn2)C(C)C1. The second-order valence-corrected chi connectivity index (χ2v) is 4.97. The van der Waals surface area contributed by atoms with Gasteiger partial charge in [0, 0.05) is 32.1 Å². The quantitative estimate of drug-likeness (QED) is 0.839. The number of nitrogens with zero attached hydrogens (tertiary/aromatic N) is 3. The zero-order chi connectivity index (χ0) is 13.8. The van der Waals surface area contributed by atoms with Gasteiger partial charge in [0.25, 0.3) is 0 Å². The molecule has 2 rings (SSSR count). The van der Waals surface area contributed by atoms with E-state index in [0.717, 1.165) is 18.8 Å². The predicted octanol–water partition coefficient (Wildman–Crippen LogP) is 2.06. The molecule has 1 aromatic heterocycles. The summed E-state index contributed by atoms with van der Waals surface area (Å²) < 4.78 is 12.9. The predicted molar refractivity (Wildman–Crippen MR) is 72.5 cm³/mol. The molecule has 2 heterocycles. The highest BCUT2D eigenvalue weighted by Crippen LogP contribution is 2.18. The van der Waals surface area contributed by atoms with E-state index in [-0.39, 0.29) is 17.8 Å². The fraction of sp³-hybridized carbons (Fsp3) is 0.571. The number of piperazine rings is 1. The van der Waals surface area contributed by atoms with E-state index >= 15 is 0 Å². The molecule has 0 N–H and O–H groups in total. The van der Waals surface area contributed by atoms with E-state index in [4.69, 9.17) is 0 Å². The molecule has 0 radical (unpaired) electrons. The highest BCUT2D eigenvalue weighted by atomic mass is 19.1. The van der Waals surface area contributed by atoms with Crippen molar-refractivity contribution in [2.75, 3.05) is 24.5 Å². The molecule has 1 fully saturated rings. The smallest absolute Gasteiger partial charge is 0.222 e. The molecule has 0 spiro atoms. The molecule has 1 amide bonds. The number of hydrogen-bond donors (Lipinski definition) is 0. The minimum absolute atomic E-state index is 0.201. The molecular weight excluding hydrogens is 245 g/mol. The van der Waals surface area contributed by atoms with E-state index in [9.17, 15) is 9.18 Å². The average Bonchev–Trinajstić information content (AvgIpc) is 2.40. The monoisotopic (exact) mass is 265 g/mol. The number of carbonyl (C=O) groups is 1. The molecule has 0 aliphatic carbocycles. The molecule has 1 unspecified atom stereocenters. The average molecular weight is 265 g/mol. The Morgan fingerprint density at radius 2 is 2.26 bits per heavy atom. The number of amides is 1. The number of carbonyl (C=O) groups excluding carboxylic acids is 1. The van der Waals surface area contributed by atoms with E-state index in [0.29, 0.717) is 19.5 Å². The molecule has 0 aromatic carbocycles. The van der Waals surface area contributed by atoms with Gasteiger partial charge in [-0.1, -0.05) is 6.92 Å². The van der Waals surface area contributed by atoms with Crippen LogP contribution >= 0.6 is 0 Å². The molecule has 1 aliphatic heterocycles. The molecule has 104 valence electrons. The number of hydrogen-bond acceptors (Lipinski definition) is 3. The summed E-state index contributed by atoms with van der Waals surface area (Å²) in [5, 5.41) is 0. The molecular formula is C14H20FN3O. The van der Waals surface area contributed by atoms with Crippen molar-refractivity contribution in [3.05, 3.63) is 24.1 Å². The summed E-state index contributed by atoms with van der Waals surface area (Å²) in [6, 6.07) is 3.31. The van der Waals surface area contributed by atoms with Gasteiger partial charge in [0.2, 0.25) is 5.91 Å². The number of pyridine rings is 1. The number of anilines is 1. The maximum Gasteiger partial charge on any atom is 0.222 e. The molecule has 4 nitrogen and oxygen atoms in total. The standard InChI is InChI=1S/C14H20FN3O/c1-3-4-14(19)17-7-8-18(11(2)10-17)13-6-5-12(15)9-16-13/h5-6,9,11H,3-4,7-8,10H2,1-2H3. The van der Waals surface area contributed by atoms with Gasteiger partial charge in [0.05, 0.1) is 6.20 Å². The molecule has 1 aliphatic rings. The minimum Gasteiger partial charge on any atom is -0.350 e. The van der Waals surface area contributed by atoms with Crippen LogP contribution in [0, 0.1) is 5.82 Å².